The van der Waals surface area contributed by atoms with Crippen LogP contribution in [0.15, 0.2) is 176 Å². The Labute approximate surface area is 462 Å². The molecule has 0 radical (unpaired) electrons. The van der Waals surface area contributed by atoms with Gasteiger partial charge in [-0.2, -0.15) is 18.2 Å². The minimum atomic E-state index is -4.51. The van der Waals surface area contributed by atoms with Crippen LogP contribution in [0.1, 0.15) is 104 Å². The van der Waals surface area contributed by atoms with Crippen molar-refractivity contribution < 1.29 is 56.4 Å². The molecule has 0 fully saturated rings. The molecule has 8 aromatic carbocycles. The number of hydrogen-bond acceptors (Lipinski definition) is 2. The number of rotatable bonds is 5. The first-order chi connectivity index (χ1) is 42.1. The van der Waals surface area contributed by atoms with Crippen LogP contribution in [0.3, 0.4) is 0 Å². The second-order valence-corrected chi connectivity index (χ2v) is 19.1. The first-order valence-corrected chi connectivity index (χ1v) is 23.2. The summed E-state index contributed by atoms with van der Waals surface area (Å²) in [5.74, 6) is 1.33. The topological polar surface area (TPSA) is 35.3 Å². The molecule has 13 rings (SSSR count). The molecule has 0 atom stereocenters. The van der Waals surface area contributed by atoms with Gasteiger partial charge in [-0.05, 0) is 118 Å². The summed E-state index contributed by atoms with van der Waals surface area (Å²) in [4.78, 5) is 4.82. The molecule has 0 spiro atoms. The Morgan fingerprint density at radius 2 is 1.26 bits per heavy atom. The zero-order valence-corrected chi connectivity index (χ0v) is 41.3. The van der Waals surface area contributed by atoms with E-state index in [1.807, 2.05) is 103 Å². The van der Waals surface area contributed by atoms with Crippen molar-refractivity contribution in [3.8, 4) is 34.1 Å². The Hall–Kier alpha value is -7.33. The maximum absolute atomic E-state index is 10.3. The number of pyridine rings is 1. The number of nitrogens with zero attached hydrogens (tertiary/aromatic N) is 4. The van der Waals surface area contributed by atoms with Gasteiger partial charge in [0, 0.05) is 66.2 Å². The molecule has 0 saturated carbocycles. The summed E-state index contributed by atoms with van der Waals surface area (Å²) in [6.07, 6.45) is -3.68. The SMILES string of the molecule is [2H]c1c([2H])c2c(c([2H])c1-c1cccc3c4ccccc4c4ccccc4c4cccc5c4n([c-][n+]5-c4[c-]c(Oc5[c-]c6c(cc5)c5ccccc5n6-c5cc(C(C)(C)C)ccn5)ccc4)c13)C(C([2H])([2H])[2H])(C([2H])([2H])[2H])C([2H])([2H])C([2H])([2H])C2(C([2H])([2H])[2H])C([2H])([2H])[2H].[Pt]. The molecule has 0 aliphatic heterocycles. The quantitative estimate of drug-likeness (QED) is 0.127. The van der Waals surface area contributed by atoms with E-state index in [1.54, 1.807) is 51.6 Å². The van der Waals surface area contributed by atoms with Gasteiger partial charge in [-0.3, -0.25) is 4.40 Å². The average Bonchev–Trinajstić information content (AvgIpc) is 1.31. The van der Waals surface area contributed by atoms with Crippen LogP contribution in [0, 0.1) is 18.5 Å². The van der Waals surface area contributed by atoms with Gasteiger partial charge in [0.15, 0.2) is 0 Å². The minimum Gasteiger partial charge on any atom is -0.510 e. The van der Waals surface area contributed by atoms with Gasteiger partial charge in [0.05, 0.1) is 20.7 Å². The van der Waals surface area contributed by atoms with Crippen LogP contribution in [-0.4, -0.2) is 14.0 Å². The van der Waals surface area contributed by atoms with E-state index in [4.69, 9.17) is 26.2 Å². The van der Waals surface area contributed by atoms with E-state index in [0.717, 1.165) is 38.1 Å². The molecule has 1 aliphatic rings. The predicted molar refractivity (Wildman–Crippen MR) is 292 cm³/mol. The maximum Gasteiger partial charge on any atom is 0.268 e. The number of aromatic nitrogens is 4. The van der Waals surface area contributed by atoms with E-state index < -0.39 is 85.8 Å². The molecule has 0 bridgehead atoms. The van der Waals surface area contributed by atoms with Gasteiger partial charge in [0.1, 0.15) is 5.82 Å². The van der Waals surface area contributed by atoms with Gasteiger partial charge >= 0.3 is 0 Å². The van der Waals surface area contributed by atoms with Crippen molar-refractivity contribution in [2.75, 3.05) is 0 Å². The number of para-hydroxylation sites is 3. The predicted octanol–water partition coefficient (Wildman–Crippen LogP) is 16.4. The fourth-order valence-corrected chi connectivity index (χ4v) is 10.2. The number of imidazole rings is 1. The van der Waals surface area contributed by atoms with Crippen LogP contribution in [0.5, 0.6) is 11.5 Å². The second kappa shape index (κ2) is 16.9. The Balaban J connectivity index is 0.00000800. The van der Waals surface area contributed by atoms with Gasteiger partial charge in [-0.15, -0.1) is 29.7 Å². The molecule has 0 amide bonds. The summed E-state index contributed by atoms with van der Waals surface area (Å²) in [5, 5.41) is 5.72. The number of fused-ring (bicyclic) bond motifs is 11. The van der Waals surface area contributed by atoms with E-state index >= 15 is 0 Å². The average molecular weight is 1130 g/mol. The van der Waals surface area contributed by atoms with Crippen molar-refractivity contribution in [2.45, 2.75) is 77.2 Å². The number of benzene rings is 8. The molecule has 0 saturated heterocycles. The summed E-state index contributed by atoms with van der Waals surface area (Å²) in [7, 11) is 0. The van der Waals surface area contributed by atoms with Gasteiger partial charge in [0.25, 0.3) is 6.33 Å². The Kier molecular flexibility index (Phi) is 6.86. The Morgan fingerprint density at radius 1 is 0.639 bits per heavy atom. The first-order valence-electron chi connectivity index (χ1n) is 32.7. The molecule has 5 nitrogen and oxygen atoms in total. The Morgan fingerprint density at radius 3 is 1.99 bits per heavy atom. The number of hydrogen-bond donors (Lipinski definition) is 0. The monoisotopic (exact) mass is 1130 g/mol. The molecule has 72 heavy (non-hydrogen) atoms. The maximum atomic E-state index is 10.3. The van der Waals surface area contributed by atoms with Crippen molar-refractivity contribution in [3.05, 3.63) is 211 Å². The van der Waals surface area contributed by atoms with Gasteiger partial charge < -0.3 is 13.9 Å². The summed E-state index contributed by atoms with van der Waals surface area (Å²) in [5.41, 5.74) is -8.54. The van der Waals surface area contributed by atoms with Crippen LogP contribution in [0.2, 0.25) is 0 Å². The van der Waals surface area contributed by atoms with E-state index in [0.29, 0.717) is 49.8 Å². The molecule has 1 aliphatic carbocycles. The molecular formula is C66H54N4OPt-2. The van der Waals surface area contributed by atoms with Crippen LogP contribution < -0.4 is 9.30 Å². The third kappa shape index (κ3) is 7.30. The minimum absolute atomic E-state index is 0. The molecule has 0 unspecified atom stereocenters. The number of ether oxygens (including phenoxy) is 1. The summed E-state index contributed by atoms with van der Waals surface area (Å²) < 4.78 is 187. The summed E-state index contributed by atoms with van der Waals surface area (Å²) in [6, 6.07) is 49.6. The standard InChI is InChI=1S/C66H54N4O.Pt/c1-64(2,3)43-33-36-67-61(38-43)70-58-27-13-12-23-52(58)53-31-30-46(40-60(53)70)71-45-18-14-17-44(39-45)68-41-69-62-47(42-29-32-56-57(37-42)66(6,7)35-34-65(56,4)5)24-15-25-54(62)50-21-10-8-19-48(50)49-20-9-11-22-51(49)55-26-16-28-59(68)63(55)69;/h8-33,36-38H,34-35H2,1-7H3;/q-2;/i4D3,5D3,6D3,7D3,29D,32D,34D2,35D2,37D;. The van der Waals surface area contributed by atoms with Crippen LogP contribution in [-0.2, 0) is 37.3 Å². The molecular weight excluding hydrogens is 1060 g/mol. The van der Waals surface area contributed by atoms with Crippen molar-refractivity contribution in [1.29, 1.82) is 0 Å². The van der Waals surface area contributed by atoms with E-state index in [-0.39, 0.29) is 43.3 Å². The van der Waals surface area contributed by atoms with Crippen molar-refractivity contribution in [2.24, 2.45) is 0 Å². The van der Waals surface area contributed by atoms with Crippen LogP contribution in [0.25, 0.3) is 93.3 Å². The zero-order chi connectivity index (χ0) is 64.6. The molecule has 6 heteroatoms. The van der Waals surface area contributed by atoms with Crippen LogP contribution >= 0.6 is 0 Å². The smallest absolute Gasteiger partial charge is 0.268 e. The normalized spacial score (nSPS) is 20.3. The van der Waals surface area contributed by atoms with E-state index in [2.05, 4.69) is 49.9 Å². The molecule has 4 heterocycles. The Bertz CT molecular complexity index is 5030. The van der Waals surface area contributed by atoms with Crippen molar-refractivity contribution >= 4 is 70.7 Å². The third-order valence-corrected chi connectivity index (χ3v) is 13.5. The van der Waals surface area contributed by atoms with E-state index in [1.165, 1.54) is 6.07 Å². The van der Waals surface area contributed by atoms with E-state index in [9.17, 15) is 9.60 Å². The van der Waals surface area contributed by atoms with Gasteiger partial charge in [-0.25, -0.2) is 4.98 Å². The van der Waals surface area contributed by atoms with Gasteiger partial charge in [0.2, 0.25) is 0 Å². The largest absolute Gasteiger partial charge is 0.510 e. The first kappa shape index (κ1) is 29.3. The fraction of sp³-hybridized carbons (Fsp3) is 0.182. The third-order valence-electron chi connectivity index (χ3n) is 13.5. The molecule has 12 aromatic rings. The summed E-state index contributed by atoms with van der Waals surface area (Å²) >= 11 is 0. The zero-order valence-electron chi connectivity index (χ0n) is 58.0. The second-order valence-electron chi connectivity index (χ2n) is 19.1. The molecule has 4 aromatic heterocycles. The summed E-state index contributed by atoms with van der Waals surface area (Å²) in [6.45, 7) is -10.5. The molecule has 356 valence electrons. The van der Waals surface area contributed by atoms with Crippen LogP contribution in [0.4, 0.5) is 0 Å². The fourth-order valence-electron chi connectivity index (χ4n) is 10.2. The van der Waals surface area contributed by atoms with Gasteiger partial charge in [-0.1, -0.05) is 175 Å². The van der Waals surface area contributed by atoms with Crippen molar-refractivity contribution in [3.63, 3.8) is 0 Å². The van der Waals surface area contributed by atoms with Crippen molar-refractivity contribution in [1.82, 2.24) is 14.0 Å². The molecule has 0 N–H and O–H groups in total.